The van der Waals surface area contributed by atoms with E-state index in [0.717, 1.165) is 11.1 Å². The number of hydrogen-bond acceptors (Lipinski definition) is 6. The molecule has 0 radical (unpaired) electrons. The van der Waals surface area contributed by atoms with Crippen molar-refractivity contribution in [3.8, 4) is 11.5 Å². The Kier molecular flexibility index (Phi) is 6.73. The minimum Gasteiger partial charge on any atom is -0.497 e. The highest BCUT2D eigenvalue weighted by molar-refractivity contribution is 5.95. The molecule has 0 aliphatic carbocycles. The van der Waals surface area contributed by atoms with Gasteiger partial charge < -0.3 is 9.47 Å². The van der Waals surface area contributed by atoms with Gasteiger partial charge >= 0.3 is 0 Å². The minimum atomic E-state index is -0.444. The predicted molar refractivity (Wildman–Crippen MR) is 112 cm³/mol. The van der Waals surface area contributed by atoms with E-state index in [9.17, 15) is 14.9 Å². The lowest BCUT2D eigenvalue weighted by Gasteiger charge is -2.07. The summed E-state index contributed by atoms with van der Waals surface area (Å²) in [7, 11) is 1.53. The number of nitro benzene ring substituents is 1. The van der Waals surface area contributed by atoms with Crippen molar-refractivity contribution < 1.29 is 19.2 Å². The smallest absolute Gasteiger partial charge is 0.271 e. The molecule has 0 spiro atoms. The molecular formula is C22H19N3O5. The number of ether oxygens (including phenoxy) is 2. The lowest BCUT2D eigenvalue weighted by atomic mass is 10.2. The second-order valence-corrected chi connectivity index (χ2v) is 6.22. The molecule has 0 atom stereocenters. The van der Waals surface area contributed by atoms with E-state index in [1.54, 1.807) is 54.6 Å². The van der Waals surface area contributed by atoms with Gasteiger partial charge in [0.15, 0.2) is 0 Å². The van der Waals surface area contributed by atoms with Crippen LogP contribution in [-0.2, 0) is 6.61 Å². The SMILES string of the molecule is COc1cccc(C(=O)N/N=C\c2cccc(OCc3ccc([N+](=O)[O-])cc3)c2)c1. The van der Waals surface area contributed by atoms with Crippen LogP contribution in [0.25, 0.3) is 0 Å². The zero-order valence-corrected chi connectivity index (χ0v) is 16.1. The lowest BCUT2D eigenvalue weighted by Crippen LogP contribution is -2.17. The van der Waals surface area contributed by atoms with Crippen LogP contribution in [0.2, 0.25) is 0 Å². The summed E-state index contributed by atoms with van der Waals surface area (Å²) in [5.74, 6) is 0.844. The van der Waals surface area contributed by atoms with E-state index in [0.29, 0.717) is 17.1 Å². The molecule has 0 fully saturated rings. The van der Waals surface area contributed by atoms with Gasteiger partial charge in [-0.15, -0.1) is 0 Å². The molecule has 0 aliphatic rings. The number of nitro groups is 1. The van der Waals surface area contributed by atoms with Crippen LogP contribution < -0.4 is 14.9 Å². The summed E-state index contributed by atoms with van der Waals surface area (Å²) in [6, 6.07) is 20.1. The summed E-state index contributed by atoms with van der Waals surface area (Å²) >= 11 is 0. The van der Waals surface area contributed by atoms with E-state index in [1.807, 2.05) is 6.07 Å². The van der Waals surface area contributed by atoms with Crippen LogP contribution >= 0.6 is 0 Å². The quantitative estimate of drug-likeness (QED) is 0.347. The van der Waals surface area contributed by atoms with Crippen LogP contribution in [-0.4, -0.2) is 24.2 Å². The first kappa shape index (κ1) is 20.5. The van der Waals surface area contributed by atoms with Gasteiger partial charge in [0.05, 0.1) is 18.2 Å². The molecule has 0 unspecified atom stereocenters. The van der Waals surface area contributed by atoms with E-state index >= 15 is 0 Å². The molecule has 0 saturated carbocycles. The molecule has 0 aliphatic heterocycles. The zero-order valence-electron chi connectivity index (χ0n) is 16.1. The van der Waals surface area contributed by atoms with Gasteiger partial charge in [-0.25, -0.2) is 5.43 Å². The summed E-state index contributed by atoms with van der Waals surface area (Å²) in [5.41, 5.74) is 4.49. The van der Waals surface area contributed by atoms with E-state index in [-0.39, 0.29) is 18.2 Å². The molecule has 3 aromatic carbocycles. The van der Waals surface area contributed by atoms with Crippen molar-refractivity contribution in [3.05, 3.63) is 99.6 Å². The Labute approximate surface area is 172 Å². The molecule has 8 heteroatoms. The Morgan fingerprint density at radius 2 is 1.80 bits per heavy atom. The summed E-state index contributed by atoms with van der Waals surface area (Å²) in [4.78, 5) is 22.4. The van der Waals surface area contributed by atoms with Gasteiger partial charge in [0.1, 0.15) is 18.1 Å². The third-order valence-electron chi connectivity index (χ3n) is 4.12. The predicted octanol–water partition coefficient (Wildman–Crippen LogP) is 3.95. The fourth-order valence-corrected chi connectivity index (χ4v) is 2.56. The van der Waals surface area contributed by atoms with Gasteiger partial charge in [-0.2, -0.15) is 5.10 Å². The maximum absolute atomic E-state index is 12.1. The van der Waals surface area contributed by atoms with Crippen LogP contribution in [0.4, 0.5) is 5.69 Å². The fourth-order valence-electron chi connectivity index (χ4n) is 2.56. The summed E-state index contributed by atoms with van der Waals surface area (Å²) in [6.07, 6.45) is 1.51. The average Bonchev–Trinajstić information content (AvgIpc) is 2.78. The lowest BCUT2D eigenvalue weighted by molar-refractivity contribution is -0.384. The number of rotatable bonds is 8. The number of nitrogens with zero attached hydrogens (tertiary/aromatic N) is 2. The molecule has 1 amide bonds. The normalized spacial score (nSPS) is 10.6. The van der Waals surface area contributed by atoms with Gasteiger partial charge in [0.25, 0.3) is 11.6 Å². The number of methoxy groups -OCH3 is 1. The number of carbonyl (C=O) groups excluding carboxylic acids is 1. The first-order valence-corrected chi connectivity index (χ1v) is 8.99. The molecule has 0 saturated heterocycles. The molecule has 0 aromatic heterocycles. The van der Waals surface area contributed by atoms with Crippen LogP contribution in [0.3, 0.4) is 0 Å². The minimum absolute atomic E-state index is 0.0351. The molecule has 0 heterocycles. The molecule has 1 N–H and O–H groups in total. The topological polar surface area (TPSA) is 103 Å². The second kappa shape index (κ2) is 9.83. The summed E-state index contributed by atoms with van der Waals surface area (Å²) in [6.45, 7) is 0.269. The molecule has 3 aromatic rings. The third kappa shape index (κ3) is 5.65. The monoisotopic (exact) mass is 405 g/mol. The Balaban J connectivity index is 1.56. The molecule has 3 rings (SSSR count). The Morgan fingerprint density at radius 3 is 2.53 bits per heavy atom. The number of hydrogen-bond donors (Lipinski definition) is 1. The van der Waals surface area contributed by atoms with Gasteiger partial charge in [0, 0.05) is 17.7 Å². The van der Waals surface area contributed by atoms with Crippen LogP contribution in [0.1, 0.15) is 21.5 Å². The van der Waals surface area contributed by atoms with Crippen molar-refractivity contribution >= 4 is 17.8 Å². The maximum Gasteiger partial charge on any atom is 0.271 e. The number of hydrazone groups is 1. The Bertz CT molecular complexity index is 1060. The molecule has 30 heavy (non-hydrogen) atoms. The fraction of sp³-hybridized carbons (Fsp3) is 0.0909. The number of benzene rings is 3. The highest BCUT2D eigenvalue weighted by Crippen LogP contribution is 2.17. The number of amides is 1. The van der Waals surface area contributed by atoms with Crippen molar-refractivity contribution in [1.29, 1.82) is 0 Å². The first-order valence-electron chi connectivity index (χ1n) is 8.99. The average molecular weight is 405 g/mol. The summed E-state index contributed by atoms with van der Waals surface area (Å²) in [5, 5.41) is 14.7. The highest BCUT2D eigenvalue weighted by Gasteiger charge is 2.06. The largest absolute Gasteiger partial charge is 0.497 e. The molecule has 152 valence electrons. The van der Waals surface area contributed by atoms with Crippen LogP contribution in [0, 0.1) is 10.1 Å². The van der Waals surface area contributed by atoms with Gasteiger partial charge in [-0.1, -0.05) is 18.2 Å². The van der Waals surface area contributed by atoms with Crippen LogP contribution in [0.5, 0.6) is 11.5 Å². The van der Waals surface area contributed by atoms with Crippen molar-refractivity contribution in [2.45, 2.75) is 6.61 Å². The Morgan fingerprint density at radius 1 is 1.07 bits per heavy atom. The second-order valence-electron chi connectivity index (χ2n) is 6.22. The van der Waals surface area contributed by atoms with Crippen molar-refractivity contribution in [2.75, 3.05) is 7.11 Å². The standard InChI is InChI=1S/C22H19N3O5/c1-29-20-6-3-5-18(13-20)22(26)24-23-14-17-4-2-7-21(12-17)30-15-16-8-10-19(11-9-16)25(27)28/h2-14H,15H2,1H3,(H,24,26)/b23-14-. The van der Waals surface area contributed by atoms with Crippen LogP contribution in [0.15, 0.2) is 77.9 Å². The zero-order chi connectivity index (χ0) is 21.3. The van der Waals surface area contributed by atoms with E-state index in [2.05, 4.69) is 10.5 Å². The summed E-state index contributed by atoms with van der Waals surface area (Å²) < 4.78 is 10.8. The molecular weight excluding hydrogens is 386 g/mol. The van der Waals surface area contributed by atoms with Gasteiger partial charge in [-0.3, -0.25) is 14.9 Å². The van der Waals surface area contributed by atoms with Crippen molar-refractivity contribution in [1.82, 2.24) is 5.43 Å². The van der Waals surface area contributed by atoms with Gasteiger partial charge in [0.2, 0.25) is 0 Å². The number of carbonyl (C=O) groups is 1. The van der Waals surface area contributed by atoms with E-state index in [1.165, 1.54) is 25.5 Å². The molecule has 8 nitrogen and oxygen atoms in total. The Hall–Kier alpha value is -4.20. The van der Waals surface area contributed by atoms with E-state index < -0.39 is 4.92 Å². The highest BCUT2D eigenvalue weighted by atomic mass is 16.6. The van der Waals surface area contributed by atoms with E-state index in [4.69, 9.17) is 9.47 Å². The van der Waals surface area contributed by atoms with Crippen molar-refractivity contribution in [3.63, 3.8) is 0 Å². The third-order valence-corrected chi connectivity index (χ3v) is 4.12. The number of non-ortho nitro benzene ring substituents is 1. The first-order chi connectivity index (χ1) is 14.5. The van der Waals surface area contributed by atoms with Gasteiger partial charge in [-0.05, 0) is 53.6 Å². The number of nitrogens with one attached hydrogen (secondary N) is 1. The maximum atomic E-state index is 12.1. The van der Waals surface area contributed by atoms with Crippen molar-refractivity contribution in [2.24, 2.45) is 5.10 Å². The molecule has 0 bridgehead atoms.